The average molecular weight is 278 g/mol. The molecule has 0 rings (SSSR count). The first-order valence-corrected chi connectivity index (χ1v) is 7.87. The zero-order valence-electron chi connectivity index (χ0n) is 13.1. The summed E-state index contributed by atoms with van der Waals surface area (Å²) in [6, 6.07) is 0. The predicted molar refractivity (Wildman–Crippen MR) is 86.7 cm³/mol. The summed E-state index contributed by atoms with van der Waals surface area (Å²) >= 11 is 0. The molecule has 0 aliphatic rings. The number of rotatable bonds is 12. The van der Waals surface area contributed by atoms with Crippen LogP contribution in [-0.2, 0) is 9.53 Å². The van der Waals surface area contributed by atoms with Crippen molar-refractivity contribution >= 4 is 5.97 Å². The minimum atomic E-state index is -0.198. The molecule has 2 heteroatoms. The normalized spacial score (nSPS) is 11.9. The summed E-state index contributed by atoms with van der Waals surface area (Å²) in [5.74, 6) is -0.198. The first-order valence-electron chi connectivity index (χ1n) is 7.87. The zero-order valence-corrected chi connectivity index (χ0v) is 13.1. The van der Waals surface area contributed by atoms with Gasteiger partial charge in [-0.05, 0) is 38.5 Å². The first kappa shape index (κ1) is 18.7. The maximum absolute atomic E-state index is 10.5. The minimum absolute atomic E-state index is 0.198. The second-order valence-electron chi connectivity index (χ2n) is 4.88. The zero-order chi connectivity index (χ0) is 14.9. The number of carbonyl (C=O) groups excluding carboxylic acids is 1. The van der Waals surface area contributed by atoms with E-state index in [1.54, 1.807) is 0 Å². The van der Waals surface area contributed by atoms with Crippen LogP contribution in [0.1, 0.15) is 65.2 Å². The van der Waals surface area contributed by atoms with Gasteiger partial charge in [-0.25, -0.2) is 0 Å². The van der Waals surface area contributed by atoms with Crippen molar-refractivity contribution in [2.45, 2.75) is 65.2 Å². The fourth-order valence-corrected chi connectivity index (χ4v) is 1.71. The molecular formula is C18H30O2. The molecule has 0 N–H and O–H groups in total. The molecule has 2 nitrogen and oxygen atoms in total. The molecular weight excluding hydrogens is 248 g/mol. The second-order valence-corrected chi connectivity index (χ2v) is 4.88. The van der Waals surface area contributed by atoms with Crippen LogP contribution in [0.4, 0.5) is 0 Å². The first-order chi connectivity index (χ1) is 9.77. The topological polar surface area (TPSA) is 26.3 Å². The SMILES string of the molecule is CCCCC/C=C\CCC=CC=CCCCOC(C)=O. The molecule has 0 aromatic heterocycles. The lowest BCUT2D eigenvalue weighted by Gasteiger charge is -1.97. The molecule has 0 radical (unpaired) electrons. The Bertz CT molecular complexity index is 301. The van der Waals surface area contributed by atoms with Crippen molar-refractivity contribution in [1.29, 1.82) is 0 Å². The Balaban J connectivity index is 3.32. The van der Waals surface area contributed by atoms with Crippen LogP contribution in [0.25, 0.3) is 0 Å². The van der Waals surface area contributed by atoms with Crippen molar-refractivity contribution in [1.82, 2.24) is 0 Å². The van der Waals surface area contributed by atoms with Gasteiger partial charge < -0.3 is 4.74 Å². The molecule has 0 aromatic rings. The summed E-state index contributed by atoms with van der Waals surface area (Å²) < 4.78 is 4.85. The second kappa shape index (κ2) is 15.7. The molecule has 0 aliphatic carbocycles. The Morgan fingerprint density at radius 2 is 1.45 bits per heavy atom. The van der Waals surface area contributed by atoms with E-state index in [0.29, 0.717) is 6.61 Å². The molecule has 0 unspecified atom stereocenters. The summed E-state index contributed by atoms with van der Waals surface area (Å²) in [6.07, 6.45) is 22.3. The van der Waals surface area contributed by atoms with Gasteiger partial charge in [-0.15, -0.1) is 0 Å². The molecule has 0 aromatic carbocycles. The molecule has 0 aliphatic heterocycles. The Morgan fingerprint density at radius 3 is 2.15 bits per heavy atom. The van der Waals surface area contributed by atoms with Gasteiger partial charge >= 0.3 is 5.97 Å². The van der Waals surface area contributed by atoms with E-state index < -0.39 is 0 Å². The van der Waals surface area contributed by atoms with Crippen LogP contribution in [0.5, 0.6) is 0 Å². The van der Waals surface area contributed by atoms with Gasteiger partial charge in [0.1, 0.15) is 0 Å². The lowest BCUT2D eigenvalue weighted by molar-refractivity contribution is -0.141. The van der Waals surface area contributed by atoms with Crippen molar-refractivity contribution in [3.63, 3.8) is 0 Å². The maximum Gasteiger partial charge on any atom is 0.302 e. The van der Waals surface area contributed by atoms with Crippen molar-refractivity contribution in [2.75, 3.05) is 6.61 Å². The standard InChI is InChI=1S/C18H30O2/c1-3-4-5-6-7-8-9-10-11-12-13-14-15-16-17-20-18(2)19/h7-8,11-14H,3-6,9-10,15-17H2,1-2H3/b8-7-,12-11?,14-13?. The highest BCUT2D eigenvalue weighted by molar-refractivity contribution is 5.65. The van der Waals surface area contributed by atoms with Crippen molar-refractivity contribution in [3.05, 3.63) is 36.5 Å². The fourth-order valence-electron chi connectivity index (χ4n) is 1.71. The van der Waals surface area contributed by atoms with Gasteiger partial charge in [-0.2, -0.15) is 0 Å². The van der Waals surface area contributed by atoms with E-state index in [9.17, 15) is 4.79 Å². The van der Waals surface area contributed by atoms with E-state index in [2.05, 4.69) is 43.4 Å². The van der Waals surface area contributed by atoms with E-state index in [1.165, 1.54) is 32.6 Å². The monoisotopic (exact) mass is 278 g/mol. The number of hydrogen-bond donors (Lipinski definition) is 0. The largest absolute Gasteiger partial charge is 0.466 e. The third kappa shape index (κ3) is 16.7. The van der Waals surface area contributed by atoms with Crippen molar-refractivity contribution in [2.24, 2.45) is 0 Å². The van der Waals surface area contributed by atoms with Gasteiger partial charge in [0.05, 0.1) is 6.61 Å². The summed E-state index contributed by atoms with van der Waals surface area (Å²) in [5.41, 5.74) is 0. The third-order valence-electron chi connectivity index (χ3n) is 2.84. The van der Waals surface area contributed by atoms with Crippen molar-refractivity contribution < 1.29 is 9.53 Å². The molecule has 0 saturated heterocycles. The summed E-state index contributed by atoms with van der Waals surface area (Å²) in [6.45, 7) is 4.20. The number of unbranched alkanes of at least 4 members (excludes halogenated alkanes) is 5. The number of hydrogen-bond acceptors (Lipinski definition) is 2. The van der Waals surface area contributed by atoms with E-state index in [-0.39, 0.29) is 5.97 Å². The fraction of sp³-hybridized carbons (Fsp3) is 0.611. The highest BCUT2D eigenvalue weighted by atomic mass is 16.5. The molecule has 0 heterocycles. The van der Waals surface area contributed by atoms with E-state index in [0.717, 1.165) is 25.7 Å². The maximum atomic E-state index is 10.5. The third-order valence-corrected chi connectivity index (χ3v) is 2.84. The van der Waals surface area contributed by atoms with Crippen LogP contribution in [0.15, 0.2) is 36.5 Å². The smallest absolute Gasteiger partial charge is 0.302 e. The molecule has 0 fully saturated rings. The minimum Gasteiger partial charge on any atom is -0.466 e. The molecule has 114 valence electrons. The van der Waals surface area contributed by atoms with Gasteiger partial charge in [0.15, 0.2) is 0 Å². The van der Waals surface area contributed by atoms with Crippen LogP contribution < -0.4 is 0 Å². The van der Waals surface area contributed by atoms with Crippen LogP contribution in [0.2, 0.25) is 0 Å². The van der Waals surface area contributed by atoms with Gasteiger partial charge in [0, 0.05) is 6.92 Å². The lowest BCUT2D eigenvalue weighted by atomic mass is 10.2. The Morgan fingerprint density at radius 1 is 0.850 bits per heavy atom. The van der Waals surface area contributed by atoms with Crippen LogP contribution in [0, 0.1) is 0 Å². The summed E-state index contributed by atoms with van der Waals surface area (Å²) in [4.78, 5) is 10.5. The van der Waals surface area contributed by atoms with Crippen molar-refractivity contribution in [3.8, 4) is 0 Å². The highest BCUT2D eigenvalue weighted by Gasteiger charge is 1.89. The Hall–Kier alpha value is -1.31. The summed E-state index contributed by atoms with van der Waals surface area (Å²) in [7, 11) is 0. The van der Waals surface area contributed by atoms with Gasteiger partial charge in [0.25, 0.3) is 0 Å². The van der Waals surface area contributed by atoms with Crippen LogP contribution in [0.3, 0.4) is 0 Å². The molecule has 0 saturated carbocycles. The number of esters is 1. The van der Waals surface area contributed by atoms with Crippen LogP contribution >= 0.6 is 0 Å². The van der Waals surface area contributed by atoms with Gasteiger partial charge in [-0.1, -0.05) is 56.2 Å². The highest BCUT2D eigenvalue weighted by Crippen LogP contribution is 2.01. The molecule has 20 heavy (non-hydrogen) atoms. The van der Waals surface area contributed by atoms with E-state index in [1.807, 2.05) is 0 Å². The predicted octanol–water partition coefficient (Wildman–Crippen LogP) is 5.36. The quantitative estimate of drug-likeness (QED) is 0.208. The molecule has 0 bridgehead atoms. The Labute approximate surface area is 124 Å². The number of carbonyl (C=O) groups is 1. The van der Waals surface area contributed by atoms with Crippen LogP contribution in [-0.4, -0.2) is 12.6 Å². The number of ether oxygens (including phenoxy) is 1. The summed E-state index contributed by atoms with van der Waals surface area (Å²) in [5, 5.41) is 0. The lowest BCUT2D eigenvalue weighted by Crippen LogP contribution is -1.99. The van der Waals surface area contributed by atoms with Gasteiger partial charge in [-0.3, -0.25) is 4.79 Å². The average Bonchev–Trinajstić information content (AvgIpc) is 2.43. The molecule has 0 atom stereocenters. The Kier molecular flexibility index (Phi) is 14.7. The molecule has 0 amide bonds. The van der Waals surface area contributed by atoms with Gasteiger partial charge in [0.2, 0.25) is 0 Å². The van der Waals surface area contributed by atoms with E-state index in [4.69, 9.17) is 4.74 Å². The number of allylic oxidation sites excluding steroid dienone is 6. The van der Waals surface area contributed by atoms with E-state index >= 15 is 0 Å². The molecule has 0 spiro atoms.